The van der Waals surface area contributed by atoms with Crippen LogP contribution in [0.15, 0.2) is 82.6 Å². The predicted molar refractivity (Wildman–Crippen MR) is 169 cm³/mol. The minimum atomic E-state index is -4.14. The maximum absolute atomic E-state index is 14.1. The van der Waals surface area contributed by atoms with Gasteiger partial charge in [-0.15, -0.1) is 11.8 Å². The van der Waals surface area contributed by atoms with Crippen LogP contribution < -0.4 is 14.4 Å². The number of nitrogens with zero attached hydrogens (tertiary/aromatic N) is 2. The van der Waals surface area contributed by atoms with E-state index in [1.54, 1.807) is 55.5 Å². The molecule has 1 atom stereocenters. The number of unbranched alkanes of at least 4 members (excludes halogenated alkanes) is 1. The molecule has 1 N–H and O–H groups in total. The summed E-state index contributed by atoms with van der Waals surface area (Å²) in [7, 11) is -4.14. The zero-order valence-corrected chi connectivity index (χ0v) is 26.6. The standard InChI is InChI=1S/C32H41N3O5S2/c1-6-8-21-33-32(37)25(4)34(22-26-12-10-9-11-24(26)3)31(36)23-35(27-13-15-28(16-14-27)40-7-2)42(38,39)30-19-17-29(41-5)18-20-30/h9-20,25H,6-8,21-23H2,1-5H3,(H,33,37)/t25-/m0/s1. The molecule has 3 rings (SSSR count). The molecule has 2 amide bonds. The number of nitrogens with one attached hydrogen (secondary N) is 1. The summed E-state index contributed by atoms with van der Waals surface area (Å²) in [6.45, 7) is 8.16. The van der Waals surface area contributed by atoms with Gasteiger partial charge in [-0.1, -0.05) is 37.6 Å². The number of aryl methyl sites for hydroxylation is 1. The van der Waals surface area contributed by atoms with Crippen LogP contribution in [0.4, 0.5) is 5.69 Å². The lowest BCUT2D eigenvalue weighted by atomic mass is 10.1. The molecular formula is C32H41N3O5S2. The van der Waals surface area contributed by atoms with Gasteiger partial charge in [0.15, 0.2) is 0 Å². The Hall–Kier alpha value is -3.50. The monoisotopic (exact) mass is 611 g/mol. The topological polar surface area (TPSA) is 96.0 Å². The van der Waals surface area contributed by atoms with Crippen molar-refractivity contribution in [2.45, 2.75) is 62.9 Å². The molecule has 0 aliphatic carbocycles. The zero-order valence-electron chi connectivity index (χ0n) is 25.0. The molecule has 0 saturated carbocycles. The molecule has 0 bridgehead atoms. The number of rotatable bonds is 15. The second kappa shape index (κ2) is 15.7. The first-order chi connectivity index (χ1) is 20.1. The molecule has 0 fully saturated rings. The van der Waals surface area contributed by atoms with Gasteiger partial charge in [0.2, 0.25) is 11.8 Å². The fraction of sp³-hybridized carbons (Fsp3) is 0.375. The van der Waals surface area contributed by atoms with Crippen LogP contribution in [0, 0.1) is 6.92 Å². The van der Waals surface area contributed by atoms with Gasteiger partial charge >= 0.3 is 0 Å². The summed E-state index contributed by atoms with van der Waals surface area (Å²) >= 11 is 1.51. The van der Waals surface area contributed by atoms with E-state index >= 15 is 0 Å². The molecule has 0 saturated heterocycles. The van der Waals surface area contributed by atoms with Crippen molar-refractivity contribution in [3.05, 3.63) is 83.9 Å². The molecule has 0 radical (unpaired) electrons. The average Bonchev–Trinajstić information content (AvgIpc) is 2.99. The van der Waals surface area contributed by atoms with Gasteiger partial charge in [-0.25, -0.2) is 8.42 Å². The van der Waals surface area contributed by atoms with Crippen molar-refractivity contribution in [3.8, 4) is 5.75 Å². The molecule has 42 heavy (non-hydrogen) atoms. The van der Waals surface area contributed by atoms with Crippen molar-refractivity contribution in [3.63, 3.8) is 0 Å². The highest BCUT2D eigenvalue weighted by atomic mass is 32.2. The number of hydrogen-bond donors (Lipinski definition) is 1. The third-order valence-corrected chi connectivity index (χ3v) is 9.49. The largest absolute Gasteiger partial charge is 0.494 e. The molecule has 0 unspecified atom stereocenters. The summed E-state index contributed by atoms with van der Waals surface area (Å²) in [6.07, 6.45) is 3.66. The van der Waals surface area contributed by atoms with E-state index in [0.717, 1.165) is 33.2 Å². The number of carbonyl (C=O) groups is 2. The number of thioether (sulfide) groups is 1. The Morgan fingerprint density at radius 2 is 1.64 bits per heavy atom. The maximum atomic E-state index is 14.1. The highest BCUT2D eigenvalue weighted by Gasteiger charge is 2.32. The number of benzene rings is 3. The number of sulfonamides is 1. The Balaban J connectivity index is 2.02. The summed E-state index contributed by atoms with van der Waals surface area (Å²) in [4.78, 5) is 29.6. The van der Waals surface area contributed by atoms with Gasteiger partial charge in [-0.05, 0) is 93.1 Å². The molecule has 8 nitrogen and oxygen atoms in total. The lowest BCUT2D eigenvalue weighted by Crippen LogP contribution is -2.51. The first-order valence-electron chi connectivity index (χ1n) is 14.1. The van der Waals surface area contributed by atoms with Crippen molar-refractivity contribution in [2.75, 3.05) is 30.3 Å². The molecule has 10 heteroatoms. The molecule has 226 valence electrons. The molecule has 3 aromatic carbocycles. The molecular weight excluding hydrogens is 571 g/mol. The Morgan fingerprint density at radius 1 is 0.976 bits per heavy atom. The average molecular weight is 612 g/mol. The van der Waals surface area contributed by atoms with Crippen LogP contribution in [0.2, 0.25) is 0 Å². The minimum Gasteiger partial charge on any atom is -0.494 e. The highest BCUT2D eigenvalue weighted by Crippen LogP contribution is 2.28. The Morgan fingerprint density at radius 3 is 2.24 bits per heavy atom. The SMILES string of the molecule is CCCCNC(=O)[C@H](C)N(Cc1ccccc1C)C(=O)CN(c1ccc(OCC)cc1)S(=O)(=O)c1ccc(SC)cc1. The van der Waals surface area contributed by atoms with Crippen molar-refractivity contribution < 1.29 is 22.7 Å². The van der Waals surface area contributed by atoms with Crippen molar-refractivity contribution in [2.24, 2.45) is 0 Å². The van der Waals surface area contributed by atoms with E-state index in [-0.39, 0.29) is 17.3 Å². The first-order valence-corrected chi connectivity index (χ1v) is 16.8. The first kappa shape index (κ1) is 33.0. The third kappa shape index (κ3) is 8.51. The molecule has 0 aliphatic heterocycles. The van der Waals surface area contributed by atoms with E-state index in [2.05, 4.69) is 5.32 Å². The zero-order chi connectivity index (χ0) is 30.7. The summed E-state index contributed by atoms with van der Waals surface area (Å²) in [5.41, 5.74) is 2.16. The van der Waals surface area contributed by atoms with Crippen LogP contribution in [0.3, 0.4) is 0 Å². The molecule has 0 aromatic heterocycles. The lowest BCUT2D eigenvalue weighted by molar-refractivity contribution is -0.139. The van der Waals surface area contributed by atoms with Gasteiger partial charge in [0.25, 0.3) is 10.0 Å². The summed E-state index contributed by atoms with van der Waals surface area (Å²) < 4.78 is 34.7. The van der Waals surface area contributed by atoms with E-state index in [1.165, 1.54) is 16.7 Å². The fourth-order valence-electron chi connectivity index (χ4n) is 4.37. The summed E-state index contributed by atoms with van der Waals surface area (Å²) in [5, 5.41) is 2.91. The van der Waals surface area contributed by atoms with Crippen LogP contribution in [-0.4, -0.2) is 57.1 Å². The number of hydrogen-bond acceptors (Lipinski definition) is 6. The van der Waals surface area contributed by atoms with Crippen molar-refractivity contribution in [1.82, 2.24) is 10.2 Å². The normalized spacial score (nSPS) is 11.9. The Bertz CT molecular complexity index is 1430. The molecule has 3 aromatic rings. The number of carbonyl (C=O) groups excluding carboxylic acids is 2. The van der Waals surface area contributed by atoms with Crippen LogP contribution in [0.5, 0.6) is 5.75 Å². The van der Waals surface area contributed by atoms with E-state index < -0.39 is 28.5 Å². The number of ether oxygens (including phenoxy) is 1. The van der Waals surface area contributed by atoms with Gasteiger partial charge in [-0.3, -0.25) is 13.9 Å². The van der Waals surface area contributed by atoms with Crippen LogP contribution in [0.25, 0.3) is 0 Å². The summed E-state index contributed by atoms with van der Waals surface area (Å²) in [5.74, 6) is -0.184. The van der Waals surface area contributed by atoms with E-state index in [4.69, 9.17) is 4.74 Å². The van der Waals surface area contributed by atoms with Crippen LogP contribution in [-0.2, 0) is 26.2 Å². The third-order valence-electron chi connectivity index (χ3n) is 6.96. The van der Waals surface area contributed by atoms with Gasteiger partial charge in [-0.2, -0.15) is 0 Å². The fourth-order valence-corrected chi connectivity index (χ4v) is 6.19. The molecule has 0 aliphatic rings. The van der Waals surface area contributed by atoms with Crippen molar-refractivity contribution in [1.29, 1.82) is 0 Å². The number of anilines is 1. The van der Waals surface area contributed by atoms with Gasteiger partial charge in [0.05, 0.1) is 17.2 Å². The highest BCUT2D eigenvalue weighted by molar-refractivity contribution is 7.98. The van der Waals surface area contributed by atoms with E-state index in [0.29, 0.717) is 24.6 Å². The maximum Gasteiger partial charge on any atom is 0.264 e. The molecule has 0 spiro atoms. The smallest absolute Gasteiger partial charge is 0.264 e. The van der Waals surface area contributed by atoms with Gasteiger partial charge in [0.1, 0.15) is 18.3 Å². The number of amides is 2. The summed E-state index contributed by atoms with van der Waals surface area (Å²) in [6, 6.07) is 20.0. The van der Waals surface area contributed by atoms with E-state index in [9.17, 15) is 18.0 Å². The molecule has 0 heterocycles. The second-order valence-electron chi connectivity index (χ2n) is 9.88. The predicted octanol–water partition coefficient (Wildman–Crippen LogP) is 5.64. The minimum absolute atomic E-state index is 0.0674. The Kier molecular flexibility index (Phi) is 12.3. The van der Waals surface area contributed by atoms with Crippen LogP contribution in [0.1, 0.15) is 44.7 Å². The van der Waals surface area contributed by atoms with Crippen molar-refractivity contribution >= 4 is 39.3 Å². The Labute approximate surface area is 254 Å². The lowest BCUT2D eigenvalue weighted by Gasteiger charge is -2.32. The van der Waals surface area contributed by atoms with E-state index in [1.807, 2.05) is 51.3 Å². The van der Waals surface area contributed by atoms with Gasteiger partial charge in [0, 0.05) is 18.0 Å². The second-order valence-corrected chi connectivity index (χ2v) is 12.6. The van der Waals surface area contributed by atoms with Gasteiger partial charge < -0.3 is 15.0 Å². The quantitative estimate of drug-likeness (QED) is 0.176. The van der Waals surface area contributed by atoms with Crippen LogP contribution >= 0.6 is 11.8 Å².